The van der Waals surface area contributed by atoms with Crippen LogP contribution in [0.25, 0.3) is 0 Å². The number of carbonyl (C=O) groups excluding carboxylic acids is 1. The van der Waals surface area contributed by atoms with Crippen LogP contribution < -0.4 is 10.6 Å². The first-order valence-corrected chi connectivity index (χ1v) is 5.65. The second kappa shape index (κ2) is 5.53. The van der Waals surface area contributed by atoms with E-state index in [1.165, 1.54) is 0 Å². The zero-order chi connectivity index (χ0) is 15.6. The van der Waals surface area contributed by atoms with Crippen LogP contribution in [0.1, 0.15) is 0 Å². The van der Waals surface area contributed by atoms with Crippen molar-refractivity contribution in [3.63, 3.8) is 0 Å². The molecule has 110 valence electrons. The molecule has 2 rings (SSSR count). The van der Waals surface area contributed by atoms with Crippen LogP contribution in [0.5, 0.6) is 17.2 Å². The third kappa shape index (κ3) is 3.11. The highest BCUT2D eigenvalue weighted by Gasteiger charge is 2.14. The highest BCUT2D eigenvalue weighted by Crippen LogP contribution is 2.37. The van der Waals surface area contributed by atoms with E-state index in [1.54, 1.807) is 0 Å². The average Bonchev–Trinajstić information content (AvgIpc) is 2.40. The summed E-state index contributed by atoms with van der Waals surface area (Å²) >= 11 is 0. The molecule has 2 amide bonds. The molecule has 0 atom stereocenters. The third-order valence-corrected chi connectivity index (χ3v) is 2.53. The number of halogens is 2. The van der Waals surface area contributed by atoms with Crippen LogP contribution in [0.2, 0.25) is 0 Å². The van der Waals surface area contributed by atoms with Gasteiger partial charge in [-0.15, -0.1) is 0 Å². The summed E-state index contributed by atoms with van der Waals surface area (Å²) in [6.45, 7) is 0. The van der Waals surface area contributed by atoms with Gasteiger partial charge in [-0.05, 0) is 12.1 Å². The van der Waals surface area contributed by atoms with Gasteiger partial charge in [0.05, 0.1) is 5.69 Å². The molecule has 8 heteroatoms. The number of aromatic hydroxyl groups is 3. The molecule has 0 heterocycles. The van der Waals surface area contributed by atoms with Crippen LogP contribution in [0.4, 0.5) is 25.0 Å². The van der Waals surface area contributed by atoms with Crippen LogP contribution in [0.15, 0.2) is 30.3 Å². The van der Waals surface area contributed by atoms with Crippen LogP contribution >= 0.6 is 0 Å². The zero-order valence-corrected chi connectivity index (χ0v) is 10.4. The number of carbonyl (C=O) groups is 1. The lowest BCUT2D eigenvalue weighted by Gasteiger charge is -2.10. The fourth-order valence-corrected chi connectivity index (χ4v) is 1.57. The van der Waals surface area contributed by atoms with E-state index in [4.69, 9.17) is 5.11 Å². The Morgan fingerprint density at radius 3 is 2.00 bits per heavy atom. The molecule has 0 unspecified atom stereocenters. The number of phenols is 3. The molecule has 2 aromatic carbocycles. The summed E-state index contributed by atoms with van der Waals surface area (Å²) in [5.41, 5.74) is -0.723. The molecule has 0 aromatic heterocycles. The molecule has 6 nitrogen and oxygen atoms in total. The molecule has 0 fully saturated rings. The highest BCUT2D eigenvalue weighted by molar-refractivity contribution is 6.00. The van der Waals surface area contributed by atoms with Crippen molar-refractivity contribution in [3.05, 3.63) is 42.0 Å². The van der Waals surface area contributed by atoms with Gasteiger partial charge in [0.25, 0.3) is 0 Å². The predicted octanol–water partition coefficient (Wildman–Crippen LogP) is 2.73. The fraction of sp³-hybridized carbons (Fsp3) is 0. The van der Waals surface area contributed by atoms with Crippen molar-refractivity contribution in [1.29, 1.82) is 0 Å². The molecule has 2 aromatic rings. The van der Waals surface area contributed by atoms with Gasteiger partial charge in [0.15, 0.2) is 17.2 Å². The number of rotatable bonds is 2. The van der Waals surface area contributed by atoms with E-state index in [1.807, 2.05) is 5.32 Å². The van der Waals surface area contributed by atoms with E-state index in [0.717, 1.165) is 30.3 Å². The van der Waals surface area contributed by atoms with E-state index in [9.17, 15) is 23.8 Å². The maximum Gasteiger partial charge on any atom is 0.323 e. The molecule has 0 spiro atoms. The van der Waals surface area contributed by atoms with Crippen molar-refractivity contribution in [2.45, 2.75) is 0 Å². The Hall–Kier alpha value is -3.03. The number of amides is 2. The lowest BCUT2D eigenvalue weighted by Crippen LogP contribution is -2.20. The van der Waals surface area contributed by atoms with Crippen LogP contribution in [0, 0.1) is 11.6 Å². The summed E-state index contributed by atoms with van der Waals surface area (Å²) in [4.78, 5) is 11.6. The topological polar surface area (TPSA) is 102 Å². The van der Waals surface area contributed by atoms with Crippen molar-refractivity contribution in [1.82, 2.24) is 0 Å². The SMILES string of the molecule is O=C(Nc1cc(O)c(O)c(O)c1)Nc1c(F)cccc1F. The van der Waals surface area contributed by atoms with Gasteiger partial charge in [-0.1, -0.05) is 6.07 Å². The minimum Gasteiger partial charge on any atom is -0.504 e. The number of hydrogen-bond acceptors (Lipinski definition) is 4. The van der Waals surface area contributed by atoms with E-state index >= 15 is 0 Å². The first kappa shape index (κ1) is 14.4. The molecule has 0 saturated heterocycles. The Balaban J connectivity index is 2.16. The maximum atomic E-state index is 13.3. The number of nitrogens with one attached hydrogen (secondary N) is 2. The summed E-state index contributed by atoms with van der Waals surface area (Å²) < 4.78 is 26.7. The molecule has 0 radical (unpaired) electrons. The Bertz CT molecular complexity index is 663. The van der Waals surface area contributed by atoms with Gasteiger partial charge < -0.3 is 26.0 Å². The van der Waals surface area contributed by atoms with Crippen LogP contribution in [-0.4, -0.2) is 21.4 Å². The van der Waals surface area contributed by atoms with Gasteiger partial charge >= 0.3 is 6.03 Å². The summed E-state index contributed by atoms with van der Waals surface area (Å²) in [7, 11) is 0. The van der Waals surface area contributed by atoms with Gasteiger partial charge in [-0.3, -0.25) is 0 Å². The largest absolute Gasteiger partial charge is 0.504 e. The second-order valence-electron chi connectivity index (χ2n) is 4.04. The Morgan fingerprint density at radius 1 is 0.952 bits per heavy atom. The molecule has 21 heavy (non-hydrogen) atoms. The van der Waals surface area contributed by atoms with Crippen LogP contribution in [-0.2, 0) is 0 Å². The number of para-hydroxylation sites is 1. The molecule has 5 N–H and O–H groups in total. The molecular weight excluding hydrogens is 286 g/mol. The van der Waals surface area contributed by atoms with Crippen molar-refractivity contribution < 1.29 is 28.9 Å². The summed E-state index contributed by atoms with van der Waals surface area (Å²) in [6.07, 6.45) is 0. The standard InChI is InChI=1S/C13H10F2N2O4/c14-7-2-1-3-8(15)11(7)17-13(21)16-6-4-9(18)12(20)10(19)5-6/h1-5,18-20H,(H2,16,17,21). The number of urea groups is 1. The lowest BCUT2D eigenvalue weighted by molar-refractivity contribution is 0.262. The van der Waals surface area contributed by atoms with Gasteiger partial charge in [0, 0.05) is 12.1 Å². The van der Waals surface area contributed by atoms with Crippen molar-refractivity contribution in [2.24, 2.45) is 0 Å². The molecular formula is C13H10F2N2O4. The quantitative estimate of drug-likeness (QED) is 0.434. The van der Waals surface area contributed by atoms with E-state index in [0.29, 0.717) is 0 Å². The zero-order valence-electron chi connectivity index (χ0n) is 10.4. The van der Waals surface area contributed by atoms with E-state index in [2.05, 4.69) is 5.32 Å². The summed E-state index contributed by atoms with van der Waals surface area (Å²) in [5.74, 6) is -3.99. The molecule has 0 saturated carbocycles. The minimum absolute atomic E-state index is 0.0861. The number of hydrogen-bond donors (Lipinski definition) is 5. The average molecular weight is 296 g/mol. The first-order valence-electron chi connectivity index (χ1n) is 5.65. The van der Waals surface area contributed by atoms with E-state index < -0.39 is 40.6 Å². The molecule has 0 aliphatic heterocycles. The molecule has 0 aliphatic carbocycles. The fourth-order valence-electron chi connectivity index (χ4n) is 1.57. The predicted molar refractivity (Wildman–Crippen MR) is 70.4 cm³/mol. The van der Waals surface area contributed by atoms with Gasteiger partial charge in [-0.2, -0.15) is 0 Å². The minimum atomic E-state index is -0.997. The summed E-state index contributed by atoms with van der Waals surface area (Å²) in [6, 6.07) is 3.99. The monoisotopic (exact) mass is 296 g/mol. The normalized spacial score (nSPS) is 10.2. The number of phenolic OH excluding ortho intramolecular Hbond substituents is 3. The number of benzene rings is 2. The third-order valence-electron chi connectivity index (χ3n) is 2.53. The highest BCUT2D eigenvalue weighted by atomic mass is 19.1. The van der Waals surface area contributed by atoms with Crippen LogP contribution in [0.3, 0.4) is 0 Å². The van der Waals surface area contributed by atoms with Crippen molar-refractivity contribution in [2.75, 3.05) is 10.6 Å². The van der Waals surface area contributed by atoms with Crippen molar-refractivity contribution >= 4 is 17.4 Å². The Kier molecular flexibility index (Phi) is 3.79. The first-order chi connectivity index (χ1) is 9.88. The van der Waals surface area contributed by atoms with Crippen molar-refractivity contribution in [3.8, 4) is 17.2 Å². The maximum absolute atomic E-state index is 13.3. The van der Waals surface area contributed by atoms with Gasteiger partial charge in [0.2, 0.25) is 0 Å². The van der Waals surface area contributed by atoms with E-state index in [-0.39, 0.29) is 5.69 Å². The Morgan fingerprint density at radius 2 is 1.48 bits per heavy atom. The molecule has 0 aliphatic rings. The van der Waals surface area contributed by atoms with Gasteiger partial charge in [-0.25, -0.2) is 13.6 Å². The second-order valence-corrected chi connectivity index (χ2v) is 4.04. The lowest BCUT2D eigenvalue weighted by atomic mass is 10.2. The smallest absolute Gasteiger partial charge is 0.323 e. The number of anilines is 2. The summed E-state index contributed by atoms with van der Waals surface area (Å²) in [5, 5.41) is 31.8. The van der Waals surface area contributed by atoms with Gasteiger partial charge in [0.1, 0.15) is 17.3 Å². The molecule has 0 bridgehead atoms. The Labute approximate surface area is 117 Å².